The Labute approximate surface area is 369 Å². The lowest BCUT2D eigenvalue weighted by molar-refractivity contribution is 0.0396. The summed E-state index contributed by atoms with van der Waals surface area (Å²) in [6, 6.07) is 10.4. The number of hydrogen-bond donors (Lipinski definition) is 1. The fourth-order valence-corrected chi connectivity index (χ4v) is 11.8. The predicted octanol–water partition coefficient (Wildman–Crippen LogP) is 8.85. The van der Waals surface area contributed by atoms with E-state index < -0.39 is 26.8 Å². The van der Waals surface area contributed by atoms with Gasteiger partial charge in [-0.3, -0.25) is 14.8 Å². The molecule has 13 heteroatoms. The highest BCUT2D eigenvalue weighted by Crippen LogP contribution is 2.39. The van der Waals surface area contributed by atoms with Crippen molar-refractivity contribution in [3.8, 4) is 5.75 Å². The molecule has 4 heterocycles. The van der Waals surface area contributed by atoms with Crippen LogP contribution in [0.5, 0.6) is 5.75 Å². The van der Waals surface area contributed by atoms with Crippen molar-refractivity contribution in [3.05, 3.63) is 48.4 Å². The fraction of sp³-hybridized carbons (Fsp3) is 0.688. The predicted molar refractivity (Wildman–Crippen MR) is 247 cm³/mol. The number of piperazine rings is 1. The maximum absolute atomic E-state index is 15.6. The van der Waals surface area contributed by atoms with Crippen LogP contribution in [-0.2, 0) is 21.0 Å². The van der Waals surface area contributed by atoms with Crippen molar-refractivity contribution in [3.63, 3.8) is 0 Å². The molecular weight excluding hydrogens is 810 g/mol. The first-order valence-electron chi connectivity index (χ1n) is 23.7. The minimum absolute atomic E-state index is 0.0351. The highest BCUT2D eigenvalue weighted by molar-refractivity contribution is 7.91. The zero-order valence-electron chi connectivity index (χ0n) is 37.2. The molecule has 0 spiro atoms. The first-order chi connectivity index (χ1) is 29.7. The van der Waals surface area contributed by atoms with Crippen molar-refractivity contribution < 1.29 is 27.2 Å². The van der Waals surface area contributed by atoms with Crippen molar-refractivity contribution in [1.29, 1.82) is 0 Å². The third-order valence-corrected chi connectivity index (χ3v) is 16.2. The second kappa shape index (κ2) is 24.5. The lowest BCUT2D eigenvalue weighted by Crippen LogP contribution is -2.55. The van der Waals surface area contributed by atoms with Crippen molar-refractivity contribution in [2.45, 2.75) is 149 Å². The lowest BCUT2D eigenvalue weighted by atomic mass is 9.96. The number of aromatic nitrogens is 1. The number of aliphatic hydroxyl groups excluding tert-OH is 1. The minimum Gasteiger partial charge on any atom is -0.612 e. The summed E-state index contributed by atoms with van der Waals surface area (Å²) in [5.41, 5.74) is 1.18. The molecule has 3 fully saturated rings. The summed E-state index contributed by atoms with van der Waals surface area (Å²) >= 11 is -1.28. The van der Waals surface area contributed by atoms with Gasteiger partial charge in [-0.05, 0) is 86.7 Å². The molecule has 6 rings (SSSR count). The minimum atomic E-state index is -4.20. The molecule has 0 amide bonds. The second-order valence-corrected chi connectivity index (χ2v) is 21.0. The van der Waals surface area contributed by atoms with E-state index in [1.807, 2.05) is 6.07 Å². The van der Waals surface area contributed by atoms with E-state index in [1.54, 1.807) is 18.4 Å². The summed E-state index contributed by atoms with van der Waals surface area (Å²) in [6.07, 6.45) is 24.7. The summed E-state index contributed by atoms with van der Waals surface area (Å²) in [7, 11) is -4.20. The maximum atomic E-state index is 15.6. The number of benzene rings is 2. The number of piperidine rings is 2. The number of likely N-dealkylation sites (tertiary alicyclic amines) is 1. The highest BCUT2D eigenvalue weighted by Gasteiger charge is 2.34. The van der Waals surface area contributed by atoms with Gasteiger partial charge in [-0.2, -0.15) is 0 Å². The molecule has 340 valence electrons. The number of aliphatic hydroxyl groups is 1. The van der Waals surface area contributed by atoms with Crippen LogP contribution in [0.15, 0.2) is 57.3 Å². The van der Waals surface area contributed by atoms with Crippen LogP contribution in [0.2, 0.25) is 0 Å². The van der Waals surface area contributed by atoms with Crippen LogP contribution < -0.4 is 9.64 Å². The molecular formula is C48H74FN5O5S2. The van der Waals surface area contributed by atoms with Gasteiger partial charge in [0.05, 0.1) is 29.3 Å². The van der Waals surface area contributed by atoms with E-state index in [0.29, 0.717) is 53.3 Å². The number of hydrogen-bond acceptors (Lipinski definition) is 10. The summed E-state index contributed by atoms with van der Waals surface area (Å²) in [4.78, 5) is 14.8. The molecule has 0 radical (unpaired) electrons. The van der Waals surface area contributed by atoms with E-state index in [0.717, 1.165) is 96.8 Å². The molecule has 2 aromatic carbocycles. The number of unbranched alkanes of at least 4 members (excludes halogenated alkanes) is 13. The van der Waals surface area contributed by atoms with Gasteiger partial charge in [0, 0.05) is 75.5 Å². The van der Waals surface area contributed by atoms with E-state index in [4.69, 9.17) is 4.74 Å². The molecule has 3 saturated heterocycles. The van der Waals surface area contributed by atoms with Gasteiger partial charge >= 0.3 is 0 Å². The number of anilines is 1. The molecule has 1 atom stereocenters. The monoisotopic (exact) mass is 884 g/mol. The number of halogens is 1. The van der Waals surface area contributed by atoms with E-state index in [-0.39, 0.29) is 22.1 Å². The largest absolute Gasteiger partial charge is 0.612 e. The first-order valence-corrected chi connectivity index (χ1v) is 26.7. The molecule has 0 saturated carbocycles. The van der Waals surface area contributed by atoms with E-state index >= 15 is 4.39 Å². The summed E-state index contributed by atoms with van der Waals surface area (Å²) < 4.78 is 63.0. The van der Waals surface area contributed by atoms with Crippen LogP contribution in [0.25, 0.3) is 10.9 Å². The van der Waals surface area contributed by atoms with Crippen LogP contribution in [0.3, 0.4) is 0 Å². The van der Waals surface area contributed by atoms with Gasteiger partial charge in [-0.15, -0.1) is 0 Å². The quantitative estimate of drug-likeness (QED) is 0.0692. The average molecular weight is 884 g/mol. The molecule has 0 bridgehead atoms. The number of sulfone groups is 1. The van der Waals surface area contributed by atoms with E-state index in [9.17, 15) is 18.1 Å². The molecule has 3 aromatic rings. The van der Waals surface area contributed by atoms with Crippen molar-refractivity contribution >= 4 is 37.6 Å². The van der Waals surface area contributed by atoms with Crippen LogP contribution in [0, 0.1) is 5.82 Å². The number of ether oxygens (including phenoxy) is 1. The Morgan fingerprint density at radius 3 is 1.92 bits per heavy atom. The third-order valence-electron chi connectivity index (χ3n) is 13.5. The SMILES string of the molecule is CCCCCCCCCCCCCCCCOc1ccc(S(=O)(=O)c2cnc3ccc([S+](C)[O-])cc3c2N2CCC(N3CCC(N4CCN(CCO)CC4)CC3)CC2)cc1F. The van der Waals surface area contributed by atoms with Gasteiger partial charge in [-0.1, -0.05) is 90.4 Å². The summed E-state index contributed by atoms with van der Waals surface area (Å²) in [5, 5.41) is 9.96. The van der Waals surface area contributed by atoms with E-state index in [2.05, 4.69) is 31.5 Å². The summed E-state index contributed by atoms with van der Waals surface area (Å²) in [6.45, 7) is 11.2. The fourth-order valence-electron chi connectivity index (χ4n) is 9.78. The van der Waals surface area contributed by atoms with Gasteiger partial charge < -0.3 is 24.2 Å². The molecule has 3 aliphatic rings. The molecule has 61 heavy (non-hydrogen) atoms. The lowest BCUT2D eigenvalue weighted by Gasteiger charge is -2.46. The molecule has 0 aliphatic carbocycles. The number of nitrogens with zero attached hydrogens (tertiary/aromatic N) is 5. The van der Waals surface area contributed by atoms with Crippen LogP contribution in [0.1, 0.15) is 122 Å². The summed E-state index contributed by atoms with van der Waals surface area (Å²) in [5.74, 6) is -0.633. The van der Waals surface area contributed by atoms with Gasteiger partial charge in [-0.25, -0.2) is 12.8 Å². The zero-order chi connectivity index (χ0) is 43.0. The Balaban J connectivity index is 1.03. The Bertz CT molecular complexity index is 1880. The molecule has 1 unspecified atom stereocenters. The van der Waals surface area contributed by atoms with Crippen molar-refractivity contribution in [1.82, 2.24) is 19.7 Å². The van der Waals surface area contributed by atoms with E-state index in [1.165, 1.54) is 89.0 Å². The van der Waals surface area contributed by atoms with Gasteiger partial charge in [0.25, 0.3) is 0 Å². The van der Waals surface area contributed by atoms with Gasteiger partial charge in [0.1, 0.15) is 11.2 Å². The molecule has 1 N–H and O–H groups in total. The Morgan fingerprint density at radius 1 is 0.770 bits per heavy atom. The van der Waals surface area contributed by atoms with Crippen molar-refractivity contribution in [2.24, 2.45) is 0 Å². The molecule has 10 nitrogen and oxygen atoms in total. The Morgan fingerprint density at radius 2 is 1.34 bits per heavy atom. The van der Waals surface area contributed by atoms with Crippen molar-refractivity contribution in [2.75, 3.05) is 83.3 Å². The number of fused-ring (bicyclic) bond motifs is 1. The smallest absolute Gasteiger partial charge is 0.210 e. The average Bonchev–Trinajstić information content (AvgIpc) is 3.28. The normalized spacial score (nSPS) is 18.6. The van der Waals surface area contributed by atoms with Crippen LogP contribution >= 0.6 is 0 Å². The maximum Gasteiger partial charge on any atom is 0.210 e. The van der Waals surface area contributed by atoms with Gasteiger partial charge in [0.15, 0.2) is 16.5 Å². The Kier molecular flexibility index (Phi) is 19.3. The highest BCUT2D eigenvalue weighted by atomic mass is 32.2. The zero-order valence-corrected chi connectivity index (χ0v) is 38.8. The standard InChI is InChI=1S/C48H74FN5O5S2/c1-3-4-5-6-7-8-9-10-11-12-13-14-15-16-35-59-46-20-18-42(37-44(46)49)61(57,58)47-38-50-45-19-17-41(60(2)56)36-43(45)48(47)54-27-23-39(24-28-54)52-25-21-40(22-26-52)53-31-29-51(30-32-53)33-34-55/h17-20,36-40,55H,3-16,21-35H2,1-2H3. The number of pyridine rings is 1. The molecule has 3 aliphatic heterocycles. The third kappa shape index (κ3) is 13.5. The number of β-amino-alcohol motifs (C(OH)–C–C–N with tert-alkyl or cyclic N) is 1. The topological polar surface area (TPSA) is 113 Å². The Hall–Kier alpha value is -2.52. The molecule has 1 aromatic heterocycles. The number of rotatable bonds is 24. The van der Waals surface area contributed by atoms with Crippen LogP contribution in [0.4, 0.5) is 10.1 Å². The second-order valence-electron chi connectivity index (χ2n) is 17.7. The van der Waals surface area contributed by atoms with Crippen LogP contribution in [-0.4, -0.2) is 128 Å². The first kappa shape index (κ1) is 47.9. The van der Waals surface area contributed by atoms with Gasteiger partial charge in [0.2, 0.25) is 9.84 Å².